The zero-order chi connectivity index (χ0) is 9.97. The van der Waals surface area contributed by atoms with Gasteiger partial charge < -0.3 is 10.2 Å². The van der Waals surface area contributed by atoms with E-state index >= 15 is 0 Å². The Morgan fingerprint density at radius 3 is 3.14 bits per heavy atom. The van der Waals surface area contributed by atoms with Crippen molar-refractivity contribution in [2.24, 2.45) is 5.73 Å². The van der Waals surface area contributed by atoms with E-state index in [-0.39, 0.29) is 4.94 Å². The lowest BCUT2D eigenvalue weighted by Crippen LogP contribution is -1.91. The summed E-state index contributed by atoms with van der Waals surface area (Å²) in [5.74, 6) is 0. The van der Waals surface area contributed by atoms with Gasteiger partial charge >= 0.3 is 4.94 Å². The fraction of sp³-hybridized carbons (Fsp3) is 0.100. The van der Waals surface area contributed by atoms with Gasteiger partial charge in [0.15, 0.2) is 0 Å². The highest BCUT2D eigenvalue weighted by Crippen LogP contribution is 2.22. The van der Waals surface area contributed by atoms with Crippen molar-refractivity contribution in [3.8, 4) is 0 Å². The van der Waals surface area contributed by atoms with Crippen LogP contribution in [0.2, 0.25) is 0 Å². The first-order valence-electron chi connectivity index (χ1n) is 4.20. The maximum Gasteiger partial charge on any atom is 0.396 e. The minimum atomic E-state index is -0.270. The molecular formula is C10H9NO2S. The molecule has 2 aromatic rings. The molecule has 72 valence electrons. The molecule has 0 aliphatic rings. The van der Waals surface area contributed by atoms with Crippen LogP contribution >= 0.6 is 11.3 Å². The van der Waals surface area contributed by atoms with Gasteiger partial charge in [0.2, 0.25) is 0 Å². The van der Waals surface area contributed by atoms with Gasteiger partial charge in [-0.15, -0.1) is 0 Å². The number of nitrogens with two attached hydrogens (primary N) is 1. The van der Waals surface area contributed by atoms with Crippen LogP contribution in [0.25, 0.3) is 16.4 Å². The first kappa shape index (κ1) is 9.18. The van der Waals surface area contributed by atoms with Gasteiger partial charge in [-0.1, -0.05) is 35.6 Å². The van der Waals surface area contributed by atoms with Crippen LogP contribution < -0.4 is 10.7 Å². The van der Waals surface area contributed by atoms with Crippen LogP contribution in [0.15, 0.2) is 33.5 Å². The van der Waals surface area contributed by atoms with Crippen molar-refractivity contribution < 1.29 is 4.42 Å². The number of hydrogen-bond acceptors (Lipinski definition) is 4. The second-order valence-electron chi connectivity index (χ2n) is 2.77. The third kappa shape index (κ3) is 1.62. The SMILES string of the molecule is NC/C=C/c1cccc2oc(=O)sc12. The molecule has 4 heteroatoms. The first-order chi connectivity index (χ1) is 6.81. The molecule has 0 atom stereocenters. The van der Waals surface area contributed by atoms with Gasteiger partial charge in [0, 0.05) is 6.54 Å². The quantitative estimate of drug-likeness (QED) is 0.817. The molecule has 0 aliphatic carbocycles. The van der Waals surface area contributed by atoms with Crippen LogP contribution in [0.5, 0.6) is 0 Å². The van der Waals surface area contributed by atoms with E-state index in [4.69, 9.17) is 10.2 Å². The summed E-state index contributed by atoms with van der Waals surface area (Å²) in [4.78, 5) is 10.7. The summed E-state index contributed by atoms with van der Waals surface area (Å²) in [6.45, 7) is 0.489. The van der Waals surface area contributed by atoms with Crippen molar-refractivity contribution in [2.45, 2.75) is 0 Å². The molecular weight excluding hydrogens is 198 g/mol. The summed E-state index contributed by atoms with van der Waals surface area (Å²) in [6, 6.07) is 5.57. The Morgan fingerprint density at radius 2 is 2.36 bits per heavy atom. The van der Waals surface area contributed by atoms with E-state index in [1.54, 1.807) is 6.07 Å². The van der Waals surface area contributed by atoms with Crippen LogP contribution in [-0.4, -0.2) is 6.54 Å². The van der Waals surface area contributed by atoms with E-state index < -0.39 is 0 Å². The molecule has 3 nitrogen and oxygen atoms in total. The average molecular weight is 207 g/mol. The fourth-order valence-electron chi connectivity index (χ4n) is 1.24. The first-order valence-corrected chi connectivity index (χ1v) is 5.02. The lowest BCUT2D eigenvalue weighted by molar-refractivity contribution is 0.585. The zero-order valence-corrected chi connectivity index (χ0v) is 8.21. The lowest BCUT2D eigenvalue weighted by Gasteiger charge is -1.92. The molecule has 0 saturated heterocycles. The number of benzene rings is 1. The van der Waals surface area contributed by atoms with Crippen LogP contribution in [0.1, 0.15) is 5.56 Å². The molecule has 1 heterocycles. The van der Waals surface area contributed by atoms with Gasteiger partial charge in [0.25, 0.3) is 0 Å². The number of rotatable bonds is 2. The molecule has 0 unspecified atom stereocenters. The smallest absolute Gasteiger partial charge is 0.396 e. The van der Waals surface area contributed by atoms with E-state index in [1.165, 1.54) is 0 Å². The summed E-state index contributed by atoms with van der Waals surface area (Å²) in [5, 5.41) is 0. The minimum Gasteiger partial charge on any atom is -0.414 e. The highest BCUT2D eigenvalue weighted by atomic mass is 32.1. The van der Waals surface area contributed by atoms with Gasteiger partial charge in [0.05, 0.1) is 4.70 Å². The highest BCUT2D eigenvalue weighted by molar-refractivity contribution is 7.16. The Labute approximate surface area is 84.5 Å². The highest BCUT2D eigenvalue weighted by Gasteiger charge is 2.03. The summed E-state index contributed by atoms with van der Waals surface area (Å²) >= 11 is 1.11. The second kappa shape index (κ2) is 3.77. The van der Waals surface area contributed by atoms with Crippen molar-refractivity contribution in [1.82, 2.24) is 0 Å². The monoisotopic (exact) mass is 207 g/mol. The van der Waals surface area contributed by atoms with Crippen molar-refractivity contribution in [2.75, 3.05) is 6.54 Å². The normalized spacial score (nSPS) is 11.5. The molecule has 1 aromatic heterocycles. The Morgan fingerprint density at radius 1 is 1.50 bits per heavy atom. The summed E-state index contributed by atoms with van der Waals surface area (Å²) in [5.41, 5.74) is 6.97. The Kier molecular flexibility index (Phi) is 2.47. The van der Waals surface area contributed by atoms with Gasteiger partial charge in [-0.25, -0.2) is 4.79 Å². The molecule has 1 aromatic carbocycles. The summed E-state index contributed by atoms with van der Waals surface area (Å²) in [6.07, 6.45) is 3.74. The zero-order valence-electron chi connectivity index (χ0n) is 7.40. The molecule has 0 fully saturated rings. The summed E-state index contributed by atoms with van der Waals surface area (Å²) < 4.78 is 5.86. The van der Waals surface area contributed by atoms with Gasteiger partial charge in [-0.2, -0.15) is 0 Å². The molecule has 0 aliphatic heterocycles. The molecule has 0 spiro atoms. The largest absolute Gasteiger partial charge is 0.414 e. The van der Waals surface area contributed by atoms with Crippen LogP contribution in [-0.2, 0) is 0 Å². The van der Waals surface area contributed by atoms with Crippen molar-refractivity contribution >= 4 is 27.7 Å². The molecule has 2 rings (SSSR count). The van der Waals surface area contributed by atoms with Gasteiger partial charge in [0.1, 0.15) is 5.58 Å². The van der Waals surface area contributed by atoms with E-state index in [9.17, 15) is 4.79 Å². The molecule has 0 radical (unpaired) electrons. The van der Waals surface area contributed by atoms with E-state index in [0.29, 0.717) is 12.1 Å². The van der Waals surface area contributed by atoms with Crippen LogP contribution in [0.3, 0.4) is 0 Å². The number of fused-ring (bicyclic) bond motifs is 1. The standard InChI is InChI=1S/C10H9NO2S/c11-6-2-4-7-3-1-5-8-9(7)14-10(12)13-8/h1-5H,6,11H2/b4-2+. The Hall–Kier alpha value is -1.39. The van der Waals surface area contributed by atoms with Gasteiger partial charge in [-0.05, 0) is 11.6 Å². The van der Waals surface area contributed by atoms with E-state index in [1.807, 2.05) is 24.3 Å². The third-order valence-corrected chi connectivity index (χ3v) is 2.71. The molecule has 0 bridgehead atoms. The molecule has 0 amide bonds. The molecule has 14 heavy (non-hydrogen) atoms. The van der Waals surface area contributed by atoms with E-state index in [0.717, 1.165) is 21.6 Å². The van der Waals surface area contributed by atoms with E-state index in [2.05, 4.69) is 0 Å². The Bertz CT molecular complexity index is 524. The second-order valence-corrected chi connectivity index (χ2v) is 3.71. The Balaban J connectivity index is 2.64. The predicted octanol–water partition coefficient (Wildman–Crippen LogP) is 1.83. The minimum absolute atomic E-state index is 0.270. The lowest BCUT2D eigenvalue weighted by atomic mass is 10.2. The van der Waals surface area contributed by atoms with Crippen LogP contribution in [0.4, 0.5) is 0 Å². The van der Waals surface area contributed by atoms with Crippen molar-refractivity contribution in [3.63, 3.8) is 0 Å². The van der Waals surface area contributed by atoms with Crippen LogP contribution in [0, 0.1) is 0 Å². The maximum atomic E-state index is 11.0. The predicted molar refractivity (Wildman–Crippen MR) is 58.4 cm³/mol. The maximum absolute atomic E-state index is 11.0. The van der Waals surface area contributed by atoms with Gasteiger partial charge in [-0.3, -0.25) is 0 Å². The molecule has 0 saturated carbocycles. The van der Waals surface area contributed by atoms with Crippen molar-refractivity contribution in [1.29, 1.82) is 0 Å². The third-order valence-electron chi connectivity index (χ3n) is 1.82. The van der Waals surface area contributed by atoms with Crippen molar-refractivity contribution in [3.05, 3.63) is 39.6 Å². The topological polar surface area (TPSA) is 56.2 Å². The molecule has 2 N–H and O–H groups in total. The summed E-state index contributed by atoms with van der Waals surface area (Å²) in [7, 11) is 0. The number of hydrogen-bond donors (Lipinski definition) is 1. The fourth-order valence-corrected chi connectivity index (χ4v) is 2.00. The average Bonchev–Trinajstić information content (AvgIpc) is 2.55.